The number of nitrogens with zero attached hydrogens (tertiary/aromatic N) is 1. The van der Waals surface area contributed by atoms with E-state index in [0.29, 0.717) is 22.4 Å². The summed E-state index contributed by atoms with van der Waals surface area (Å²) in [5.41, 5.74) is 0.511. The van der Waals surface area contributed by atoms with Crippen LogP contribution in [0.25, 0.3) is 0 Å². The zero-order valence-corrected chi connectivity index (χ0v) is 17.3. The lowest BCUT2D eigenvalue weighted by Gasteiger charge is -2.32. The van der Waals surface area contributed by atoms with Crippen molar-refractivity contribution in [1.82, 2.24) is 10.2 Å². The molecule has 1 aliphatic rings. The summed E-state index contributed by atoms with van der Waals surface area (Å²) in [5.74, 6) is 0.763. The summed E-state index contributed by atoms with van der Waals surface area (Å²) in [5, 5.41) is 6.45. The van der Waals surface area contributed by atoms with Crippen molar-refractivity contribution in [3.8, 4) is 5.75 Å². The number of amides is 2. The second kappa shape index (κ2) is 9.95. The monoisotopic (exact) mass is 395 g/mol. The normalized spacial score (nSPS) is 20.8. The maximum absolute atomic E-state index is 12.6. The van der Waals surface area contributed by atoms with Gasteiger partial charge in [0.1, 0.15) is 5.75 Å². The van der Waals surface area contributed by atoms with Crippen LogP contribution in [0.3, 0.4) is 0 Å². The minimum Gasteiger partial charge on any atom is -0.495 e. The van der Waals surface area contributed by atoms with Crippen LogP contribution in [0.15, 0.2) is 18.2 Å². The summed E-state index contributed by atoms with van der Waals surface area (Å²) in [4.78, 5) is 26.7. The molecule has 6 nitrogen and oxygen atoms in total. The highest BCUT2D eigenvalue weighted by atomic mass is 35.5. The quantitative estimate of drug-likeness (QED) is 0.743. The van der Waals surface area contributed by atoms with Crippen molar-refractivity contribution in [3.63, 3.8) is 0 Å². The number of nitrogens with one attached hydrogen (secondary N) is 2. The average molecular weight is 396 g/mol. The number of carbonyl (C=O) groups excluding carboxylic acids is 2. The van der Waals surface area contributed by atoms with E-state index in [-0.39, 0.29) is 24.4 Å². The molecule has 1 saturated carbocycles. The maximum atomic E-state index is 12.6. The van der Waals surface area contributed by atoms with Gasteiger partial charge in [0.25, 0.3) is 0 Å². The van der Waals surface area contributed by atoms with Crippen LogP contribution in [0.1, 0.15) is 39.5 Å². The van der Waals surface area contributed by atoms with Crippen LogP contribution < -0.4 is 15.4 Å². The number of hydrogen-bond acceptors (Lipinski definition) is 4. The first kappa shape index (κ1) is 21.5. The highest BCUT2D eigenvalue weighted by Crippen LogP contribution is 2.27. The molecule has 0 heterocycles. The molecule has 27 heavy (non-hydrogen) atoms. The van der Waals surface area contributed by atoms with E-state index in [9.17, 15) is 9.59 Å². The molecule has 3 atom stereocenters. The minimum atomic E-state index is -0.397. The molecule has 1 aliphatic carbocycles. The topological polar surface area (TPSA) is 70.7 Å². The van der Waals surface area contributed by atoms with E-state index in [1.165, 1.54) is 13.5 Å². The third-order valence-corrected chi connectivity index (χ3v) is 5.54. The molecule has 2 rings (SSSR count). The van der Waals surface area contributed by atoms with Crippen molar-refractivity contribution < 1.29 is 14.3 Å². The van der Waals surface area contributed by atoms with Crippen LogP contribution in [0.2, 0.25) is 5.02 Å². The van der Waals surface area contributed by atoms with Crippen molar-refractivity contribution in [3.05, 3.63) is 23.2 Å². The molecule has 3 unspecified atom stereocenters. The predicted molar refractivity (Wildman–Crippen MR) is 108 cm³/mol. The first-order valence-electron chi connectivity index (χ1n) is 9.45. The molecule has 150 valence electrons. The van der Waals surface area contributed by atoms with Gasteiger partial charge in [-0.2, -0.15) is 0 Å². The smallest absolute Gasteiger partial charge is 0.238 e. The molecule has 0 spiro atoms. The Hall–Kier alpha value is -1.79. The van der Waals surface area contributed by atoms with Crippen LogP contribution >= 0.6 is 11.6 Å². The minimum absolute atomic E-state index is 0.0376. The highest BCUT2D eigenvalue weighted by Gasteiger charge is 2.27. The Bertz CT molecular complexity index is 668. The number of benzene rings is 1. The largest absolute Gasteiger partial charge is 0.495 e. The van der Waals surface area contributed by atoms with E-state index in [1.807, 2.05) is 6.92 Å². The molecule has 1 fully saturated rings. The van der Waals surface area contributed by atoms with Crippen molar-refractivity contribution in [2.45, 2.75) is 51.6 Å². The third-order valence-electron chi connectivity index (χ3n) is 5.31. The fourth-order valence-corrected chi connectivity index (χ4v) is 3.54. The number of hydrogen-bond donors (Lipinski definition) is 2. The van der Waals surface area contributed by atoms with Gasteiger partial charge in [0.15, 0.2) is 0 Å². The summed E-state index contributed by atoms with van der Waals surface area (Å²) in [6.45, 7) is 4.09. The zero-order chi connectivity index (χ0) is 20.0. The lowest BCUT2D eigenvalue weighted by molar-refractivity contribution is -0.127. The second-order valence-electron chi connectivity index (χ2n) is 7.36. The lowest BCUT2D eigenvalue weighted by atomic mass is 9.86. The number of rotatable bonds is 7. The second-order valence-corrected chi connectivity index (χ2v) is 7.80. The summed E-state index contributed by atoms with van der Waals surface area (Å²) in [6.07, 6.45) is 4.57. The summed E-state index contributed by atoms with van der Waals surface area (Å²) in [7, 11) is 3.30. The van der Waals surface area contributed by atoms with Gasteiger partial charge in [-0.15, -0.1) is 0 Å². The van der Waals surface area contributed by atoms with Gasteiger partial charge in [-0.05, 0) is 50.9 Å². The standard InChI is InChI=1S/C20H30ClN3O3/c1-13-7-5-6-8-16(13)23-20(26)14(2)24(3)12-19(25)22-17-11-15(21)9-10-18(17)27-4/h9-11,13-14,16H,5-8,12H2,1-4H3,(H,22,25)(H,23,26). The Labute approximate surface area is 166 Å². The third kappa shape index (κ3) is 6.11. The predicted octanol–water partition coefficient (Wildman–Crippen LogP) is 3.30. The molecular weight excluding hydrogens is 366 g/mol. The Kier molecular flexibility index (Phi) is 7.92. The average Bonchev–Trinajstić information content (AvgIpc) is 2.63. The molecule has 1 aromatic carbocycles. The number of carbonyl (C=O) groups is 2. The molecule has 2 N–H and O–H groups in total. The van der Waals surface area contributed by atoms with Gasteiger partial charge >= 0.3 is 0 Å². The first-order chi connectivity index (χ1) is 12.8. The van der Waals surface area contributed by atoms with Gasteiger partial charge in [0.2, 0.25) is 11.8 Å². The van der Waals surface area contributed by atoms with Crippen LogP contribution in [-0.2, 0) is 9.59 Å². The molecule has 0 bridgehead atoms. The molecule has 7 heteroatoms. The SMILES string of the molecule is COc1ccc(Cl)cc1NC(=O)CN(C)C(C)C(=O)NC1CCCCC1C. The summed E-state index contributed by atoms with van der Waals surface area (Å²) >= 11 is 5.99. The van der Waals surface area contributed by atoms with Gasteiger partial charge in [0.05, 0.1) is 25.4 Å². The Morgan fingerprint density at radius 3 is 2.70 bits per heavy atom. The molecule has 0 aliphatic heterocycles. The van der Waals surface area contributed by atoms with Gasteiger partial charge in [0, 0.05) is 11.1 Å². The summed E-state index contributed by atoms with van der Waals surface area (Å²) < 4.78 is 5.24. The Morgan fingerprint density at radius 1 is 1.33 bits per heavy atom. The number of ether oxygens (including phenoxy) is 1. The van der Waals surface area contributed by atoms with Gasteiger partial charge < -0.3 is 15.4 Å². The summed E-state index contributed by atoms with van der Waals surface area (Å²) in [6, 6.07) is 4.86. The molecule has 0 radical (unpaired) electrons. The van der Waals surface area contributed by atoms with Crippen molar-refractivity contribution >= 4 is 29.1 Å². The van der Waals surface area contributed by atoms with Crippen LogP contribution in [0.4, 0.5) is 5.69 Å². The van der Waals surface area contributed by atoms with E-state index in [1.54, 1.807) is 30.1 Å². The number of likely N-dealkylation sites (N-methyl/N-ethyl adjacent to an activating group) is 1. The fourth-order valence-electron chi connectivity index (χ4n) is 3.37. The van der Waals surface area contributed by atoms with Gasteiger partial charge in [-0.25, -0.2) is 0 Å². The molecular formula is C20H30ClN3O3. The Morgan fingerprint density at radius 2 is 2.04 bits per heavy atom. The highest BCUT2D eigenvalue weighted by molar-refractivity contribution is 6.31. The van der Waals surface area contributed by atoms with Crippen molar-refractivity contribution in [2.24, 2.45) is 5.92 Å². The van der Waals surface area contributed by atoms with E-state index in [0.717, 1.165) is 19.3 Å². The number of anilines is 1. The van der Waals surface area contributed by atoms with Crippen molar-refractivity contribution in [2.75, 3.05) is 26.0 Å². The number of methoxy groups -OCH3 is 1. The van der Waals surface area contributed by atoms with Crippen LogP contribution in [0, 0.1) is 5.92 Å². The zero-order valence-electron chi connectivity index (χ0n) is 16.5. The van der Waals surface area contributed by atoms with E-state index in [2.05, 4.69) is 17.6 Å². The van der Waals surface area contributed by atoms with E-state index >= 15 is 0 Å². The van der Waals surface area contributed by atoms with E-state index < -0.39 is 6.04 Å². The van der Waals surface area contributed by atoms with E-state index in [4.69, 9.17) is 16.3 Å². The fraction of sp³-hybridized carbons (Fsp3) is 0.600. The van der Waals surface area contributed by atoms with Gasteiger partial charge in [-0.3, -0.25) is 14.5 Å². The lowest BCUT2D eigenvalue weighted by Crippen LogP contribution is -2.50. The maximum Gasteiger partial charge on any atom is 0.238 e. The first-order valence-corrected chi connectivity index (χ1v) is 9.83. The molecule has 1 aromatic rings. The number of halogens is 1. The van der Waals surface area contributed by atoms with Crippen molar-refractivity contribution in [1.29, 1.82) is 0 Å². The molecule has 2 amide bonds. The molecule has 0 aromatic heterocycles. The van der Waals surface area contributed by atoms with Crippen LogP contribution in [-0.4, -0.2) is 49.5 Å². The van der Waals surface area contributed by atoms with Crippen LogP contribution in [0.5, 0.6) is 5.75 Å². The Balaban J connectivity index is 1.89. The molecule has 0 saturated heterocycles. The van der Waals surface area contributed by atoms with Gasteiger partial charge in [-0.1, -0.05) is 31.4 Å².